The number of likely N-dealkylation sites (N-methyl/N-ethyl adjacent to an activating group) is 1. The van der Waals surface area contributed by atoms with E-state index in [2.05, 4.69) is 15.3 Å². The minimum Gasteiger partial charge on any atom is -0.480 e. The molecule has 1 rings (SSSR count). The van der Waals surface area contributed by atoms with Crippen LogP contribution in [-0.4, -0.2) is 38.9 Å². The smallest absolute Gasteiger partial charge is 0.323 e. The Morgan fingerprint density at radius 3 is 3.00 bits per heavy atom. The van der Waals surface area contributed by atoms with Gasteiger partial charge in [-0.1, -0.05) is 18.7 Å². The van der Waals surface area contributed by atoms with Crippen molar-refractivity contribution in [3.8, 4) is 0 Å². The molecule has 1 aromatic rings. The molecule has 0 radical (unpaired) electrons. The summed E-state index contributed by atoms with van der Waals surface area (Å²) in [5.74, 6) is 0.0734. The molecule has 1 atom stereocenters. The van der Waals surface area contributed by atoms with E-state index in [9.17, 15) is 4.79 Å². The van der Waals surface area contributed by atoms with Crippen LogP contribution in [0.15, 0.2) is 17.6 Å². The van der Waals surface area contributed by atoms with Gasteiger partial charge in [0.15, 0.2) is 5.16 Å². The average molecular weight is 257 g/mol. The van der Waals surface area contributed by atoms with Crippen LogP contribution in [0.3, 0.4) is 0 Å². The molecule has 0 aromatic carbocycles. The maximum atomic E-state index is 11.1. The van der Waals surface area contributed by atoms with E-state index in [4.69, 9.17) is 5.11 Å². The number of hydrogen-bond donors (Lipinski definition) is 3. The predicted molar refractivity (Wildman–Crippen MR) is 68.3 cm³/mol. The molecule has 17 heavy (non-hydrogen) atoms. The molecule has 0 amide bonds. The molecule has 0 fully saturated rings. The van der Waals surface area contributed by atoms with E-state index >= 15 is 0 Å². The second-order valence-electron chi connectivity index (χ2n) is 4.01. The summed E-state index contributed by atoms with van der Waals surface area (Å²) in [7, 11) is 0. The molecule has 96 valence electrons. The SMILES string of the molecule is CCNC(C)(CCCSc1ncc[nH]1)C(=O)O. The number of nitrogens with zero attached hydrogens (tertiary/aromatic N) is 1. The third-order valence-corrected chi connectivity index (χ3v) is 3.56. The lowest BCUT2D eigenvalue weighted by Crippen LogP contribution is -2.49. The first-order chi connectivity index (χ1) is 8.08. The van der Waals surface area contributed by atoms with E-state index in [1.807, 2.05) is 6.92 Å². The molecule has 0 saturated carbocycles. The van der Waals surface area contributed by atoms with Crippen LogP contribution in [0.1, 0.15) is 26.7 Å². The molecular formula is C11H19N3O2S. The minimum atomic E-state index is -0.821. The molecule has 1 heterocycles. The third-order valence-electron chi connectivity index (χ3n) is 2.57. The van der Waals surface area contributed by atoms with Crippen molar-refractivity contribution in [1.82, 2.24) is 15.3 Å². The lowest BCUT2D eigenvalue weighted by Gasteiger charge is -2.25. The Morgan fingerprint density at radius 2 is 2.47 bits per heavy atom. The van der Waals surface area contributed by atoms with Gasteiger partial charge in [0.05, 0.1) is 0 Å². The third kappa shape index (κ3) is 4.40. The highest BCUT2D eigenvalue weighted by Gasteiger charge is 2.31. The fourth-order valence-electron chi connectivity index (χ4n) is 1.59. The second kappa shape index (κ2) is 6.66. The van der Waals surface area contributed by atoms with Crippen molar-refractivity contribution in [2.75, 3.05) is 12.3 Å². The zero-order valence-electron chi connectivity index (χ0n) is 10.2. The highest BCUT2D eigenvalue weighted by atomic mass is 32.2. The van der Waals surface area contributed by atoms with Crippen LogP contribution < -0.4 is 5.32 Å². The van der Waals surface area contributed by atoms with Gasteiger partial charge >= 0.3 is 5.97 Å². The Bertz CT molecular complexity index is 342. The zero-order chi connectivity index (χ0) is 12.7. The van der Waals surface area contributed by atoms with E-state index in [1.165, 1.54) is 0 Å². The number of carboxylic acids is 1. The molecule has 5 nitrogen and oxygen atoms in total. The van der Waals surface area contributed by atoms with Gasteiger partial charge in [-0.2, -0.15) is 0 Å². The summed E-state index contributed by atoms with van der Waals surface area (Å²) < 4.78 is 0. The topological polar surface area (TPSA) is 78.0 Å². The van der Waals surface area contributed by atoms with Crippen molar-refractivity contribution >= 4 is 17.7 Å². The van der Waals surface area contributed by atoms with Gasteiger partial charge < -0.3 is 15.4 Å². The highest BCUT2D eigenvalue weighted by Crippen LogP contribution is 2.18. The van der Waals surface area contributed by atoms with Gasteiger partial charge in [0.25, 0.3) is 0 Å². The van der Waals surface area contributed by atoms with Crippen LogP contribution in [0.2, 0.25) is 0 Å². The van der Waals surface area contributed by atoms with E-state index in [0.29, 0.717) is 13.0 Å². The van der Waals surface area contributed by atoms with Crippen LogP contribution in [0, 0.1) is 0 Å². The summed E-state index contributed by atoms with van der Waals surface area (Å²) in [5.41, 5.74) is -0.821. The lowest BCUT2D eigenvalue weighted by atomic mass is 9.96. The van der Waals surface area contributed by atoms with Crippen molar-refractivity contribution in [2.24, 2.45) is 0 Å². The van der Waals surface area contributed by atoms with Crippen LogP contribution in [0.25, 0.3) is 0 Å². The second-order valence-corrected chi connectivity index (χ2v) is 5.10. The van der Waals surface area contributed by atoms with Crippen LogP contribution in [0.5, 0.6) is 0 Å². The number of aromatic nitrogens is 2. The van der Waals surface area contributed by atoms with Gasteiger partial charge in [0.2, 0.25) is 0 Å². The largest absolute Gasteiger partial charge is 0.480 e. The van der Waals surface area contributed by atoms with E-state index in [1.54, 1.807) is 31.1 Å². The van der Waals surface area contributed by atoms with Crippen LogP contribution in [0.4, 0.5) is 0 Å². The molecule has 3 N–H and O–H groups in total. The molecule has 1 unspecified atom stereocenters. The summed E-state index contributed by atoms with van der Waals surface area (Å²) in [6, 6.07) is 0. The molecule has 1 aromatic heterocycles. The number of nitrogens with one attached hydrogen (secondary N) is 2. The first-order valence-electron chi connectivity index (χ1n) is 5.69. The normalized spacial score (nSPS) is 14.5. The zero-order valence-corrected chi connectivity index (χ0v) is 11.0. The van der Waals surface area contributed by atoms with Crippen molar-refractivity contribution in [1.29, 1.82) is 0 Å². The summed E-state index contributed by atoms with van der Waals surface area (Å²) >= 11 is 1.61. The number of imidazole rings is 1. The van der Waals surface area contributed by atoms with E-state index in [0.717, 1.165) is 17.3 Å². The number of thioether (sulfide) groups is 1. The van der Waals surface area contributed by atoms with Gasteiger partial charge in [-0.15, -0.1) is 0 Å². The van der Waals surface area contributed by atoms with Gasteiger partial charge in [-0.05, 0) is 26.3 Å². The number of rotatable bonds is 8. The molecule has 0 aliphatic heterocycles. The highest BCUT2D eigenvalue weighted by molar-refractivity contribution is 7.99. The molecule has 0 bridgehead atoms. The quantitative estimate of drug-likeness (QED) is 0.488. The average Bonchev–Trinajstić information content (AvgIpc) is 2.77. The summed E-state index contributed by atoms with van der Waals surface area (Å²) in [4.78, 5) is 18.2. The molecule has 0 aliphatic rings. The number of aromatic amines is 1. The predicted octanol–water partition coefficient (Wildman–Crippen LogP) is 1.73. The van der Waals surface area contributed by atoms with Gasteiger partial charge in [-0.3, -0.25) is 4.79 Å². The van der Waals surface area contributed by atoms with Crippen molar-refractivity contribution < 1.29 is 9.90 Å². The van der Waals surface area contributed by atoms with Crippen LogP contribution in [-0.2, 0) is 4.79 Å². The fraction of sp³-hybridized carbons (Fsp3) is 0.636. The Hall–Kier alpha value is -1.01. The van der Waals surface area contributed by atoms with Crippen LogP contribution >= 0.6 is 11.8 Å². The standard InChI is InChI=1S/C11H19N3O2S/c1-3-14-11(2,9(15)16)5-4-8-17-10-12-6-7-13-10/h6-7,14H,3-5,8H2,1-2H3,(H,12,13)(H,15,16). The Kier molecular flexibility index (Phi) is 5.50. The first kappa shape index (κ1) is 14.1. The van der Waals surface area contributed by atoms with Crippen molar-refractivity contribution in [2.45, 2.75) is 37.4 Å². The van der Waals surface area contributed by atoms with Crippen molar-refractivity contribution in [3.63, 3.8) is 0 Å². The fourth-order valence-corrected chi connectivity index (χ4v) is 2.35. The molecule has 0 saturated heterocycles. The number of carboxylic acid groups (broad SMARTS) is 1. The maximum Gasteiger partial charge on any atom is 0.323 e. The van der Waals surface area contributed by atoms with Crippen molar-refractivity contribution in [3.05, 3.63) is 12.4 Å². The van der Waals surface area contributed by atoms with Gasteiger partial charge in [0.1, 0.15) is 5.54 Å². The Labute approximate surface area is 105 Å². The van der Waals surface area contributed by atoms with E-state index in [-0.39, 0.29) is 0 Å². The minimum absolute atomic E-state index is 0.615. The maximum absolute atomic E-state index is 11.1. The number of aliphatic carboxylic acids is 1. The summed E-state index contributed by atoms with van der Waals surface area (Å²) in [6.45, 7) is 4.31. The van der Waals surface area contributed by atoms with Gasteiger partial charge in [0, 0.05) is 18.1 Å². The lowest BCUT2D eigenvalue weighted by molar-refractivity contribution is -0.144. The number of H-pyrrole nitrogens is 1. The number of hydrogen-bond acceptors (Lipinski definition) is 4. The van der Waals surface area contributed by atoms with Gasteiger partial charge in [-0.25, -0.2) is 4.98 Å². The summed E-state index contributed by atoms with van der Waals surface area (Å²) in [5, 5.41) is 13.1. The molecule has 6 heteroatoms. The molecular weight excluding hydrogens is 238 g/mol. The Balaban J connectivity index is 2.30. The first-order valence-corrected chi connectivity index (χ1v) is 6.67. The summed E-state index contributed by atoms with van der Waals surface area (Å²) in [6.07, 6.45) is 4.94. The molecule has 0 spiro atoms. The van der Waals surface area contributed by atoms with E-state index < -0.39 is 11.5 Å². The monoisotopic (exact) mass is 257 g/mol. The molecule has 0 aliphatic carbocycles. The number of carbonyl (C=O) groups is 1. The Morgan fingerprint density at radius 1 is 1.71 bits per heavy atom.